The zero-order valence-corrected chi connectivity index (χ0v) is 13.7. The van der Waals surface area contributed by atoms with Gasteiger partial charge in [0.25, 0.3) is 5.91 Å². The molecule has 2 saturated heterocycles. The van der Waals surface area contributed by atoms with Crippen molar-refractivity contribution in [2.75, 3.05) is 31.1 Å². The van der Waals surface area contributed by atoms with Crippen molar-refractivity contribution < 1.29 is 4.79 Å². The highest BCUT2D eigenvalue weighted by atomic mass is 16.2. The van der Waals surface area contributed by atoms with E-state index in [-0.39, 0.29) is 5.91 Å². The molecule has 23 heavy (non-hydrogen) atoms. The Morgan fingerprint density at radius 2 is 1.96 bits per heavy atom. The van der Waals surface area contributed by atoms with Gasteiger partial charge in [-0.15, -0.1) is 0 Å². The molecule has 0 bridgehead atoms. The summed E-state index contributed by atoms with van der Waals surface area (Å²) >= 11 is 0. The molecule has 0 N–H and O–H groups in total. The van der Waals surface area contributed by atoms with E-state index in [2.05, 4.69) is 27.9 Å². The second-order valence-electron chi connectivity index (χ2n) is 7.18. The molecule has 2 fully saturated rings. The molecule has 1 aliphatic carbocycles. The first-order valence-corrected chi connectivity index (χ1v) is 8.72. The molecule has 0 radical (unpaired) electrons. The van der Waals surface area contributed by atoms with Gasteiger partial charge in [-0.25, -0.2) is 4.98 Å². The van der Waals surface area contributed by atoms with E-state index in [1.807, 2.05) is 4.90 Å². The number of fused-ring (bicyclic) bond motifs is 1. The summed E-state index contributed by atoms with van der Waals surface area (Å²) in [4.78, 5) is 25.6. The average Bonchev–Trinajstić information content (AvgIpc) is 3.23. The molecule has 3 heterocycles. The van der Waals surface area contributed by atoms with Crippen LogP contribution in [-0.2, 0) is 0 Å². The maximum Gasteiger partial charge on any atom is 0.274 e. The number of allylic oxidation sites excluding steroid dienone is 2. The first-order chi connectivity index (χ1) is 11.2. The van der Waals surface area contributed by atoms with E-state index in [0.717, 1.165) is 56.7 Å². The summed E-state index contributed by atoms with van der Waals surface area (Å²) in [6.07, 6.45) is 10.4. The zero-order valence-electron chi connectivity index (χ0n) is 13.7. The fraction of sp³-hybridized carbons (Fsp3) is 0.611. The maximum atomic E-state index is 12.5. The van der Waals surface area contributed by atoms with Gasteiger partial charge in [-0.2, -0.15) is 0 Å². The first-order valence-electron chi connectivity index (χ1n) is 8.72. The number of nitrogens with zero attached hydrogens (tertiary/aromatic N) is 4. The summed E-state index contributed by atoms with van der Waals surface area (Å²) in [6.45, 7) is 6.00. The van der Waals surface area contributed by atoms with E-state index in [9.17, 15) is 4.79 Å². The fourth-order valence-corrected chi connectivity index (χ4v) is 4.17. The van der Waals surface area contributed by atoms with Crippen molar-refractivity contribution in [2.45, 2.75) is 32.6 Å². The van der Waals surface area contributed by atoms with Gasteiger partial charge in [-0.05, 0) is 44.4 Å². The average molecular weight is 312 g/mol. The monoisotopic (exact) mass is 312 g/mol. The molecule has 5 nitrogen and oxygen atoms in total. The van der Waals surface area contributed by atoms with Crippen LogP contribution in [0.1, 0.15) is 43.1 Å². The van der Waals surface area contributed by atoms with Gasteiger partial charge in [0, 0.05) is 26.2 Å². The van der Waals surface area contributed by atoms with Gasteiger partial charge in [0.05, 0.1) is 12.4 Å². The molecule has 0 saturated carbocycles. The highest BCUT2D eigenvalue weighted by Crippen LogP contribution is 2.37. The van der Waals surface area contributed by atoms with Crippen LogP contribution >= 0.6 is 0 Å². The largest absolute Gasteiger partial charge is 0.355 e. The molecule has 1 amide bonds. The van der Waals surface area contributed by atoms with Crippen LogP contribution in [0.25, 0.3) is 0 Å². The highest BCUT2D eigenvalue weighted by Gasteiger charge is 2.35. The van der Waals surface area contributed by atoms with Crippen molar-refractivity contribution in [3.05, 3.63) is 29.7 Å². The normalized spacial score (nSPS) is 27.1. The second-order valence-corrected chi connectivity index (χ2v) is 7.18. The Labute approximate surface area is 137 Å². The van der Waals surface area contributed by atoms with E-state index in [1.165, 1.54) is 18.4 Å². The number of rotatable bonds is 2. The number of amides is 1. The molecule has 0 spiro atoms. The Hall–Kier alpha value is -1.91. The van der Waals surface area contributed by atoms with Crippen LogP contribution in [0, 0.1) is 11.8 Å². The smallest absolute Gasteiger partial charge is 0.274 e. The van der Waals surface area contributed by atoms with Crippen molar-refractivity contribution in [1.82, 2.24) is 14.9 Å². The van der Waals surface area contributed by atoms with E-state index >= 15 is 0 Å². The third-order valence-electron chi connectivity index (χ3n) is 5.49. The molecule has 2 atom stereocenters. The molecule has 2 aliphatic heterocycles. The van der Waals surface area contributed by atoms with Crippen LogP contribution in [0.3, 0.4) is 0 Å². The summed E-state index contributed by atoms with van der Waals surface area (Å²) in [5.74, 6) is 2.34. The Bertz CT molecular complexity index is 636. The third-order valence-corrected chi connectivity index (χ3v) is 5.49. The van der Waals surface area contributed by atoms with Gasteiger partial charge in [0.2, 0.25) is 0 Å². The van der Waals surface area contributed by atoms with E-state index in [1.54, 1.807) is 12.4 Å². The summed E-state index contributed by atoms with van der Waals surface area (Å²) in [6, 6.07) is 0. The molecule has 4 rings (SSSR count). The number of anilines is 1. The van der Waals surface area contributed by atoms with Gasteiger partial charge in [0.15, 0.2) is 0 Å². The van der Waals surface area contributed by atoms with Crippen LogP contribution in [0.4, 0.5) is 5.82 Å². The van der Waals surface area contributed by atoms with E-state index < -0.39 is 0 Å². The lowest BCUT2D eigenvalue weighted by molar-refractivity contribution is 0.0786. The third kappa shape index (κ3) is 2.84. The lowest BCUT2D eigenvalue weighted by atomic mass is 9.83. The van der Waals surface area contributed by atoms with Gasteiger partial charge in [-0.1, -0.05) is 11.6 Å². The molecule has 1 aromatic rings. The van der Waals surface area contributed by atoms with Gasteiger partial charge in [-0.3, -0.25) is 9.78 Å². The van der Waals surface area contributed by atoms with Crippen LogP contribution in [-0.4, -0.2) is 47.0 Å². The van der Waals surface area contributed by atoms with Gasteiger partial charge < -0.3 is 9.80 Å². The lowest BCUT2D eigenvalue weighted by Crippen LogP contribution is -2.29. The molecule has 3 aliphatic rings. The van der Waals surface area contributed by atoms with Gasteiger partial charge in [0.1, 0.15) is 11.5 Å². The molecule has 0 unspecified atom stereocenters. The predicted molar refractivity (Wildman–Crippen MR) is 89.4 cm³/mol. The SMILES string of the molecule is CC1=CC[C@@H]2CN(c3cncc(C(=O)N4CCCC4)n3)C[C@@H]2C1. The van der Waals surface area contributed by atoms with Crippen LogP contribution in [0.15, 0.2) is 24.0 Å². The summed E-state index contributed by atoms with van der Waals surface area (Å²) in [5, 5.41) is 0. The summed E-state index contributed by atoms with van der Waals surface area (Å²) in [7, 11) is 0. The minimum Gasteiger partial charge on any atom is -0.355 e. The number of aromatic nitrogens is 2. The van der Waals surface area contributed by atoms with Crippen molar-refractivity contribution >= 4 is 11.7 Å². The van der Waals surface area contributed by atoms with Gasteiger partial charge >= 0.3 is 0 Å². The summed E-state index contributed by atoms with van der Waals surface area (Å²) in [5.41, 5.74) is 2.01. The number of carbonyl (C=O) groups excluding carboxylic acids is 1. The molecule has 0 aromatic carbocycles. The number of hydrogen-bond acceptors (Lipinski definition) is 4. The van der Waals surface area contributed by atoms with Crippen molar-refractivity contribution in [1.29, 1.82) is 0 Å². The Morgan fingerprint density at radius 1 is 1.17 bits per heavy atom. The molecule has 122 valence electrons. The fourth-order valence-electron chi connectivity index (χ4n) is 4.17. The standard InChI is InChI=1S/C18H24N4O/c1-13-4-5-14-11-22(12-15(14)8-13)17-10-19-9-16(20-17)18(23)21-6-2-3-7-21/h4,9-10,14-15H,2-3,5-8,11-12H2,1H3/t14-,15+/m1/s1. The molecule has 1 aromatic heterocycles. The van der Waals surface area contributed by atoms with Crippen LogP contribution in [0.2, 0.25) is 0 Å². The molecular formula is C18H24N4O. The second kappa shape index (κ2) is 5.95. The first kappa shape index (κ1) is 14.7. The Kier molecular flexibility index (Phi) is 3.79. The molecule has 5 heteroatoms. The van der Waals surface area contributed by atoms with Crippen LogP contribution < -0.4 is 4.90 Å². The minimum absolute atomic E-state index is 0.0333. The number of carbonyl (C=O) groups is 1. The van der Waals surface area contributed by atoms with E-state index in [4.69, 9.17) is 0 Å². The van der Waals surface area contributed by atoms with E-state index in [0.29, 0.717) is 5.69 Å². The quantitative estimate of drug-likeness (QED) is 0.787. The van der Waals surface area contributed by atoms with Crippen LogP contribution in [0.5, 0.6) is 0 Å². The van der Waals surface area contributed by atoms with Crippen molar-refractivity contribution in [3.8, 4) is 0 Å². The van der Waals surface area contributed by atoms with Crippen molar-refractivity contribution in [3.63, 3.8) is 0 Å². The minimum atomic E-state index is 0.0333. The number of likely N-dealkylation sites (tertiary alicyclic amines) is 1. The lowest BCUT2D eigenvalue weighted by Gasteiger charge is -2.21. The Balaban J connectivity index is 1.50. The Morgan fingerprint density at radius 3 is 2.78 bits per heavy atom. The highest BCUT2D eigenvalue weighted by molar-refractivity contribution is 5.92. The predicted octanol–water partition coefficient (Wildman–Crippen LogP) is 2.51. The number of hydrogen-bond donors (Lipinski definition) is 0. The molecular weight excluding hydrogens is 288 g/mol. The topological polar surface area (TPSA) is 49.3 Å². The maximum absolute atomic E-state index is 12.5. The zero-order chi connectivity index (χ0) is 15.8. The summed E-state index contributed by atoms with van der Waals surface area (Å²) < 4.78 is 0. The van der Waals surface area contributed by atoms with Crippen molar-refractivity contribution in [2.24, 2.45) is 11.8 Å².